The molecule has 2 aliphatic rings. The molecule has 1 aromatic carbocycles. The smallest absolute Gasteiger partial charge is 0.337 e. The van der Waals surface area contributed by atoms with Crippen molar-refractivity contribution in [3.63, 3.8) is 0 Å². The highest BCUT2D eigenvalue weighted by Gasteiger charge is 2.26. The lowest BCUT2D eigenvalue weighted by atomic mass is 9.93. The molecule has 2 aliphatic heterocycles. The number of nitrogens with zero attached hydrogens (tertiary/aromatic N) is 2. The Labute approximate surface area is 166 Å². The molecule has 2 saturated heterocycles. The number of likely N-dealkylation sites (tertiary alicyclic amines) is 2. The molecular weight excluding hydrogens is 358 g/mol. The maximum atomic E-state index is 12.5. The normalized spacial score (nSPS) is 17.9. The van der Waals surface area contributed by atoms with Crippen molar-refractivity contribution in [3.8, 4) is 0 Å². The Balaban J connectivity index is 1.46. The molecule has 7 nitrogen and oxygen atoms in total. The van der Waals surface area contributed by atoms with Crippen LogP contribution in [0.15, 0.2) is 24.3 Å². The SMILES string of the molecule is COC(=O)c1cccc(NC(=O)N2CCC(CC(=O)N3CCCCC3)CC2)c1. The number of methoxy groups -OCH3 is 1. The first-order valence-corrected chi connectivity index (χ1v) is 10.1. The predicted molar refractivity (Wildman–Crippen MR) is 106 cm³/mol. The minimum atomic E-state index is -0.435. The van der Waals surface area contributed by atoms with Crippen molar-refractivity contribution >= 4 is 23.6 Å². The highest BCUT2D eigenvalue weighted by atomic mass is 16.5. The van der Waals surface area contributed by atoms with Crippen LogP contribution >= 0.6 is 0 Å². The number of hydrogen-bond donors (Lipinski definition) is 1. The van der Waals surface area contributed by atoms with Crippen molar-refractivity contribution < 1.29 is 19.1 Å². The highest BCUT2D eigenvalue weighted by Crippen LogP contribution is 2.23. The Morgan fingerprint density at radius 3 is 2.43 bits per heavy atom. The van der Waals surface area contributed by atoms with Crippen LogP contribution in [0.25, 0.3) is 0 Å². The molecule has 3 rings (SSSR count). The summed E-state index contributed by atoms with van der Waals surface area (Å²) in [7, 11) is 1.33. The number of anilines is 1. The highest BCUT2D eigenvalue weighted by molar-refractivity contribution is 5.93. The Kier molecular flexibility index (Phi) is 6.90. The average molecular weight is 387 g/mol. The summed E-state index contributed by atoms with van der Waals surface area (Å²) in [6, 6.07) is 6.53. The fourth-order valence-corrected chi connectivity index (χ4v) is 3.90. The number of ether oxygens (including phenoxy) is 1. The van der Waals surface area contributed by atoms with Crippen LogP contribution in [0.1, 0.15) is 48.9 Å². The molecule has 0 atom stereocenters. The van der Waals surface area contributed by atoms with Crippen molar-refractivity contribution in [2.75, 3.05) is 38.6 Å². The third-order valence-electron chi connectivity index (χ3n) is 5.61. The first kappa shape index (κ1) is 20.2. The quantitative estimate of drug-likeness (QED) is 0.805. The van der Waals surface area contributed by atoms with E-state index in [0.29, 0.717) is 36.7 Å². The van der Waals surface area contributed by atoms with Gasteiger partial charge < -0.3 is 19.9 Å². The summed E-state index contributed by atoms with van der Waals surface area (Å²) >= 11 is 0. The first-order valence-electron chi connectivity index (χ1n) is 10.1. The van der Waals surface area contributed by atoms with E-state index in [1.54, 1.807) is 29.2 Å². The molecule has 0 aliphatic carbocycles. The Hall–Kier alpha value is -2.57. The zero-order valence-corrected chi connectivity index (χ0v) is 16.5. The summed E-state index contributed by atoms with van der Waals surface area (Å²) < 4.78 is 4.71. The number of rotatable bonds is 4. The Morgan fingerprint density at radius 1 is 1.04 bits per heavy atom. The van der Waals surface area contributed by atoms with Gasteiger partial charge in [-0.15, -0.1) is 0 Å². The molecule has 1 aromatic rings. The van der Waals surface area contributed by atoms with Crippen LogP contribution in [-0.2, 0) is 9.53 Å². The van der Waals surface area contributed by atoms with Gasteiger partial charge in [-0.3, -0.25) is 4.79 Å². The summed E-state index contributed by atoms with van der Waals surface area (Å²) in [6.45, 7) is 3.07. The summed E-state index contributed by atoms with van der Waals surface area (Å²) in [5, 5.41) is 2.84. The van der Waals surface area contributed by atoms with Gasteiger partial charge in [-0.1, -0.05) is 6.07 Å². The largest absolute Gasteiger partial charge is 0.465 e. The van der Waals surface area contributed by atoms with Gasteiger partial charge >= 0.3 is 12.0 Å². The summed E-state index contributed by atoms with van der Waals surface area (Å²) in [4.78, 5) is 40.3. The van der Waals surface area contributed by atoms with Gasteiger partial charge in [0.05, 0.1) is 12.7 Å². The van der Waals surface area contributed by atoms with E-state index >= 15 is 0 Å². The lowest BCUT2D eigenvalue weighted by Crippen LogP contribution is -2.42. The van der Waals surface area contributed by atoms with E-state index in [9.17, 15) is 14.4 Å². The number of piperidine rings is 2. The van der Waals surface area contributed by atoms with Gasteiger partial charge in [0.2, 0.25) is 5.91 Å². The number of esters is 1. The third-order valence-corrected chi connectivity index (χ3v) is 5.61. The van der Waals surface area contributed by atoms with Crippen LogP contribution in [0.2, 0.25) is 0 Å². The predicted octanol–water partition coefficient (Wildman–Crippen LogP) is 3.12. The molecule has 28 heavy (non-hydrogen) atoms. The Bertz CT molecular complexity index is 707. The minimum Gasteiger partial charge on any atom is -0.465 e. The zero-order chi connectivity index (χ0) is 19.9. The topological polar surface area (TPSA) is 79.0 Å². The van der Waals surface area contributed by atoms with Crippen LogP contribution < -0.4 is 5.32 Å². The number of hydrogen-bond acceptors (Lipinski definition) is 4. The second-order valence-electron chi connectivity index (χ2n) is 7.58. The van der Waals surface area contributed by atoms with E-state index < -0.39 is 5.97 Å². The molecule has 3 amide bonds. The summed E-state index contributed by atoms with van der Waals surface area (Å²) in [5.41, 5.74) is 0.963. The van der Waals surface area contributed by atoms with Gasteiger partial charge in [0, 0.05) is 38.3 Å². The number of carbonyl (C=O) groups is 3. The second-order valence-corrected chi connectivity index (χ2v) is 7.58. The van der Waals surface area contributed by atoms with Crippen LogP contribution in [0.3, 0.4) is 0 Å². The van der Waals surface area contributed by atoms with E-state index in [1.807, 2.05) is 4.90 Å². The van der Waals surface area contributed by atoms with Crippen molar-refractivity contribution in [1.82, 2.24) is 9.80 Å². The maximum absolute atomic E-state index is 12.5. The van der Waals surface area contributed by atoms with E-state index in [1.165, 1.54) is 13.5 Å². The lowest BCUT2D eigenvalue weighted by Gasteiger charge is -2.33. The van der Waals surface area contributed by atoms with Gasteiger partial charge in [0.25, 0.3) is 0 Å². The van der Waals surface area contributed by atoms with Gasteiger partial charge in [0.1, 0.15) is 0 Å². The summed E-state index contributed by atoms with van der Waals surface area (Å²) in [6.07, 6.45) is 5.73. The fraction of sp³-hybridized carbons (Fsp3) is 0.571. The van der Waals surface area contributed by atoms with E-state index in [-0.39, 0.29) is 11.9 Å². The van der Waals surface area contributed by atoms with E-state index in [4.69, 9.17) is 4.74 Å². The van der Waals surface area contributed by atoms with Gasteiger partial charge in [-0.25, -0.2) is 9.59 Å². The van der Waals surface area contributed by atoms with Crippen LogP contribution in [-0.4, -0.2) is 61.0 Å². The molecular formula is C21H29N3O4. The number of urea groups is 1. The molecule has 0 spiro atoms. The number of carbonyl (C=O) groups excluding carboxylic acids is 3. The average Bonchev–Trinajstić information content (AvgIpc) is 2.74. The van der Waals surface area contributed by atoms with Crippen LogP contribution in [0.4, 0.5) is 10.5 Å². The van der Waals surface area contributed by atoms with Gasteiger partial charge in [0.15, 0.2) is 0 Å². The van der Waals surface area contributed by atoms with Crippen LogP contribution in [0.5, 0.6) is 0 Å². The number of benzene rings is 1. The third kappa shape index (κ3) is 5.24. The molecule has 7 heteroatoms. The molecule has 0 aromatic heterocycles. The van der Waals surface area contributed by atoms with Gasteiger partial charge in [-0.2, -0.15) is 0 Å². The molecule has 1 N–H and O–H groups in total. The zero-order valence-electron chi connectivity index (χ0n) is 16.5. The molecule has 0 bridgehead atoms. The first-order chi connectivity index (χ1) is 13.6. The Morgan fingerprint density at radius 2 is 1.75 bits per heavy atom. The molecule has 2 fully saturated rings. The molecule has 0 radical (unpaired) electrons. The fourth-order valence-electron chi connectivity index (χ4n) is 3.90. The van der Waals surface area contributed by atoms with Crippen molar-refractivity contribution in [3.05, 3.63) is 29.8 Å². The number of nitrogens with one attached hydrogen (secondary N) is 1. The van der Waals surface area contributed by atoms with Gasteiger partial charge in [-0.05, 0) is 56.2 Å². The van der Waals surface area contributed by atoms with Crippen LogP contribution in [0, 0.1) is 5.92 Å². The molecule has 152 valence electrons. The van der Waals surface area contributed by atoms with E-state index in [2.05, 4.69) is 5.32 Å². The van der Waals surface area contributed by atoms with Crippen molar-refractivity contribution in [2.24, 2.45) is 5.92 Å². The van der Waals surface area contributed by atoms with Crippen molar-refractivity contribution in [1.29, 1.82) is 0 Å². The number of amides is 3. The molecule has 0 saturated carbocycles. The maximum Gasteiger partial charge on any atom is 0.337 e. The summed E-state index contributed by atoms with van der Waals surface area (Å²) in [5.74, 6) is 0.179. The minimum absolute atomic E-state index is 0.178. The monoisotopic (exact) mass is 387 g/mol. The molecule has 2 heterocycles. The van der Waals surface area contributed by atoms with Crippen molar-refractivity contribution in [2.45, 2.75) is 38.5 Å². The standard InChI is InChI=1S/C21H29N3O4/c1-28-20(26)17-6-5-7-18(15-17)22-21(27)24-12-8-16(9-13-24)14-19(25)23-10-3-2-4-11-23/h5-7,15-16H,2-4,8-14H2,1H3,(H,22,27). The van der Waals surface area contributed by atoms with E-state index in [0.717, 1.165) is 38.8 Å². The molecule has 0 unspecified atom stereocenters. The lowest BCUT2D eigenvalue weighted by molar-refractivity contribution is -0.133. The second kappa shape index (κ2) is 9.57.